The molecule has 0 atom stereocenters. The lowest BCUT2D eigenvalue weighted by molar-refractivity contribution is 0.807. The van der Waals surface area contributed by atoms with Gasteiger partial charge in [0, 0.05) is 12.4 Å². The highest BCUT2D eigenvalue weighted by molar-refractivity contribution is 5.78. The van der Waals surface area contributed by atoms with E-state index >= 15 is 0 Å². The molecule has 6 nitrogen and oxygen atoms in total. The van der Waals surface area contributed by atoms with Gasteiger partial charge in [-0.1, -0.05) is 18.2 Å². The van der Waals surface area contributed by atoms with Crippen molar-refractivity contribution in [2.75, 3.05) is 0 Å². The minimum absolute atomic E-state index is 0.686. The van der Waals surface area contributed by atoms with Gasteiger partial charge in [0.1, 0.15) is 17.7 Å². The summed E-state index contributed by atoms with van der Waals surface area (Å²) in [6, 6.07) is 16.0. The first-order valence-electron chi connectivity index (χ1n) is 8.02. The van der Waals surface area contributed by atoms with Gasteiger partial charge in [-0.3, -0.25) is 9.55 Å². The van der Waals surface area contributed by atoms with Gasteiger partial charge < -0.3 is 4.57 Å². The van der Waals surface area contributed by atoms with E-state index in [0.29, 0.717) is 6.54 Å². The van der Waals surface area contributed by atoms with Crippen molar-refractivity contribution < 1.29 is 0 Å². The molecule has 0 amide bonds. The molecule has 0 bridgehead atoms. The van der Waals surface area contributed by atoms with E-state index in [0.717, 1.165) is 33.6 Å². The number of pyridine rings is 2. The van der Waals surface area contributed by atoms with Gasteiger partial charge in [-0.2, -0.15) is 0 Å². The zero-order valence-corrected chi connectivity index (χ0v) is 13.3. The van der Waals surface area contributed by atoms with Crippen LogP contribution in [0.1, 0.15) is 5.56 Å². The first-order valence-corrected chi connectivity index (χ1v) is 8.02. The second kappa shape index (κ2) is 5.52. The Labute approximate surface area is 143 Å². The lowest BCUT2D eigenvalue weighted by atomic mass is 10.3. The number of imidazole rings is 2. The van der Waals surface area contributed by atoms with Gasteiger partial charge in [-0.25, -0.2) is 15.0 Å². The van der Waals surface area contributed by atoms with E-state index < -0.39 is 0 Å². The topological polar surface area (TPSA) is 61.4 Å². The van der Waals surface area contributed by atoms with Gasteiger partial charge in [-0.15, -0.1) is 0 Å². The summed E-state index contributed by atoms with van der Waals surface area (Å²) in [5, 5.41) is 0. The molecule has 5 aromatic rings. The Morgan fingerprint density at radius 2 is 1.76 bits per heavy atom. The predicted octanol–water partition coefficient (Wildman–Crippen LogP) is 3.21. The molecular weight excluding hydrogens is 312 g/mol. The fraction of sp³-hybridized carbons (Fsp3) is 0.0526. The summed E-state index contributed by atoms with van der Waals surface area (Å²) < 4.78 is 4.03. The van der Waals surface area contributed by atoms with Crippen LogP contribution in [0.15, 0.2) is 73.6 Å². The first kappa shape index (κ1) is 13.9. The monoisotopic (exact) mass is 326 g/mol. The maximum absolute atomic E-state index is 4.83. The zero-order valence-electron chi connectivity index (χ0n) is 13.3. The summed E-state index contributed by atoms with van der Waals surface area (Å²) in [5.74, 6) is 0.828. The van der Waals surface area contributed by atoms with Crippen molar-refractivity contribution in [2.45, 2.75) is 6.54 Å². The normalized spacial score (nSPS) is 11.4. The molecular formula is C19H14N6. The predicted molar refractivity (Wildman–Crippen MR) is 95.5 cm³/mol. The van der Waals surface area contributed by atoms with Crippen LogP contribution in [0.25, 0.3) is 28.0 Å². The average molecular weight is 326 g/mol. The number of rotatable bonds is 3. The van der Waals surface area contributed by atoms with Crippen molar-refractivity contribution >= 4 is 22.2 Å². The quantitative estimate of drug-likeness (QED) is 0.511. The number of hydrogen-bond acceptors (Lipinski definition) is 4. The first-order chi connectivity index (χ1) is 12.4. The molecule has 120 valence electrons. The number of para-hydroxylation sites is 2. The van der Waals surface area contributed by atoms with Gasteiger partial charge in [0.2, 0.25) is 0 Å². The number of fused-ring (bicyclic) bond motifs is 2. The molecule has 5 rings (SSSR count). The van der Waals surface area contributed by atoms with Gasteiger partial charge in [-0.05, 0) is 35.9 Å². The number of nitrogens with zero attached hydrogens (tertiary/aromatic N) is 6. The Morgan fingerprint density at radius 1 is 0.840 bits per heavy atom. The van der Waals surface area contributed by atoms with Crippen LogP contribution >= 0.6 is 0 Å². The smallest absolute Gasteiger partial charge is 0.162 e. The molecule has 0 unspecified atom stereocenters. The molecule has 0 aliphatic carbocycles. The summed E-state index contributed by atoms with van der Waals surface area (Å²) in [7, 11) is 0. The molecule has 0 aliphatic heterocycles. The third-order valence-electron chi connectivity index (χ3n) is 4.22. The van der Waals surface area contributed by atoms with Gasteiger partial charge in [0.05, 0.1) is 23.9 Å². The minimum atomic E-state index is 0.686. The Bertz CT molecular complexity index is 1170. The lowest BCUT2D eigenvalue weighted by Gasteiger charge is -2.06. The number of aromatic nitrogens is 6. The van der Waals surface area contributed by atoms with E-state index in [2.05, 4.69) is 15.0 Å². The van der Waals surface area contributed by atoms with Crippen molar-refractivity contribution in [1.82, 2.24) is 29.1 Å². The van der Waals surface area contributed by atoms with Crippen LogP contribution < -0.4 is 0 Å². The molecule has 4 aromatic heterocycles. The highest BCUT2D eigenvalue weighted by Gasteiger charge is 2.09. The number of benzene rings is 1. The van der Waals surface area contributed by atoms with Crippen molar-refractivity contribution in [3.63, 3.8) is 0 Å². The Hall–Kier alpha value is -3.54. The second-order valence-corrected chi connectivity index (χ2v) is 5.85. The summed E-state index contributed by atoms with van der Waals surface area (Å²) in [5.41, 5.74) is 4.82. The largest absolute Gasteiger partial charge is 0.311 e. The molecule has 0 saturated carbocycles. The van der Waals surface area contributed by atoms with E-state index in [4.69, 9.17) is 4.98 Å². The third-order valence-corrected chi connectivity index (χ3v) is 4.22. The summed E-state index contributed by atoms with van der Waals surface area (Å²) in [4.78, 5) is 17.9. The number of hydrogen-bond donors (Lipinski definition) is 0. The molecule has 4 heterocycles. The fourth-order valence-electron chi connectivity index (χ4n) is 3.01. The van der Waals surface area contributed by atoms with Crippen LogP contribution in [0, 0.1) is 0 Å². The highest BCUT2D eigenvalue weighted by Crippen LogP contribution is 2.19. The molecule has 0 radical (unpaired) electrons. The summed E-state index contributed by atoms with van der Waals surface area (Å²) in [6.45, 7) is 0.686. The van der Waals surface area contributed by atoms with E-state index in [1.165, 1.54) is 0 Å². The SMILES string of the molecule is c1cncc(Cn2cnc3ccc(-n4cnc5ccccc54)nc32)c1. The second-order valence-electron chi connectivity index (χ2n) is 5.85. The van der Waals surface area contributed by atoms with Crippen molar-refractivity contribution in [2.24, 2.45) is 0 Å². The van der Waals surface area contributed by atoms with E-state index in [-0.39, 0.29) is 0 Å². The van der Waals surface area contributed by atoms with Gasteiger partial charge in [0.15, 0.2) is 5.65 Å². The van der Waals surface area contributed by atoms with Crippen molar-refractivity contribution in [3.8, 4) is 5.82 Å². The molecule has 0 saturated heterocycles. The summed E-state index contributed by atoms with van der Waals surface area (Å²) in [6.07, 6.45) is 7.26. The van der Waals surface area contributed by atoms with Gasteiger partial charge in [0.25, 0.3) is 0 Å². The molecule has 25 heavy (non-hydrogen) atoms. The minimum Gasteiger partial charge on any atom is -0.311 e. The van der Waals surface area contributed by atoms with Crippen LogP contribution in [-0.2, 0) is 6.54 Å². The van der Waals surface area contributed by atoms with Gasteiger partial charge >= 0.3 is 0 Å². The molecule has 0 N–H and O–H groups in total. The van der Waals surface area contributed by atoms with Crippen LogP contribution in [0.2, 0.25) is 0 Å². The maximum Gasteiger partial charge on any atom is 0.162 e. The Kier molecular flexibility index (Phi) is 3.06. The molecule has 0 fully saturated rings. The molecule has 0 spiro atoms. The van der Waals surface area contributed by atoms with E-state index in [1.807, 2.05) is 70.2 Å². The van der Waals surface area contributed by atoms with Crippen LogP contribution in [0.5, 0.6) is 0 Å². The standard InChI is InChI=1S/C19H14N6/c1-2-6-17-15(5-1)22-13-25(17)18-8-7-16-19(23-18)24(12-21-16)11-14-4-3-9-20-10-14/h1-10,12-13H,11H2. The highest BCUT2D eigenvalue weighted by atomic mass is 15.2. The molecule has 1 aromatic carbocycles. The molecule has 6 heteroatoms. The van der Waals surface area contributed by atoms with Crippen LogP contribution in [0.4, 0.5) is 0 Å². The van der Waals surface area contributed by atoms with Crippen LogP contribution in [-0.4, -0.2) is 29.1 Å². The van der Waals surface area contributed by atoms with Crippen molar-refractivity contribution in [1.29, 1.82) is 0 Å². The van der Waals surface area contributed by atoms with Crippen LogP contribution in [0.3, 0.4) is 0 Å². The Morgan fingerprint density at radius 3 is 2.68 bits per heavy atom. The third kappa shape index (κ3) is 2.35. The maximum atomic E-state index is 4.83. The molecule has 0 aliphatic rings. The van der Waals surface area contributed by atoms with Crippen molar-refractivity contribution in [3.05, 3.63) is 79.1 Å². The lowest BCUT2D eigenvalue weighted by Crippen LogP contribution is -2.02. The fourth-order valence-corrected chi connectivity index (χ4v) is 3.01. The average Bonchev–Trinajstić information content (AvgIpc) is 3.27. The zero-order chi connectivity index (χ0) is 16.6. The summed E-state index contributed by atoms with van der Waals surface area (Å²) >= 11 is 0. The van der Waals surface area contributed by atoms with E-state index in [9.17, 15) is 0 Å². The Balaban J connectivity index is 1.62. The van der Waals surface area contributed by atoms with E-state index in [1.54, 1.807) is 12.5 Å².